The van der Waals surface area contributed by atoms with Gasteiger partial charge < -0.3 is 10.1 Å². The van der Waals surface area contributed by atoms with Crippen LogP contribution in [0.3, 0.4) is 0 Å². The molecule has 2 saturated heterocycles. The van der Waals surface area contributed by atoms with E-state index in [-0.39, 0.29) is 42.9 Å². The summed E-state index contributed by atoms with van der Waals surface area (Å²) < 4.78 is 61.1. The maximum Gasteiger partial charge on any atom is 0.433 e. The summed E-state index contributed by atoms with van der Waals surface area (Å²) in [6.07, 6.45) is -0.0190. The third kappa shape index (κ3) is 6.47. The standard InChI is InChI=1S/C30H28F4N8O4/c1-46-24-13-22-17(12-23(24)37-28(44)21-3-2-4-25(36-21)30(32,33)34)16-42(39-22)19-5-8-40(9-6-19)15-18-11-20(14-35-27(18)31)41-10-7-26(43)38-29(41)45/h2-4,11-14,16,19H,5-10,15H2,1H3,(H,37,44)(H,38,43,45). The molecule has 240 valence electrons. The number of rotatable bonds is 7. The number of likely N-dealkylation sites (tertiary alicyclic amines) is 1. The van der Waals surface area contributed by atoms with Gasteiger partial charge in [0.2, 0.25) is 11.9 Å². The zero-order valence-electron chi connectivity index (χ0n) is 24.5. The largest absolute Gasteiger partial charge is 0.494 e. The number of halogens is 4. The van der Waals surface area contributed by atoms with E-state index in [0.29, 0.717) is 48.1 Å². The molecular formula is C30H28F4N8O4. The van der Waals surface area contributed by atoms with Gasteiger partial charge in [-0.1, -0.05) is 6.07 Å². The lowest BCUT2D eigenvalue weighted by molar-refractivity contribution is -0.141. The molecule has 1 aromatic carbocycles. The number of hydrogen-bond acceptors (Lipinski definition) is 8. The quantitative estimate of drug-likeness (QED) is 0.222. The highest BCUT2D eigenvalue weighted by atomic mass is 19.4. The van der Waals surface area contributed by atoms with E-state index in [9.17, 15) is 31.9 Å². The molecule has 2 N–H and O–H groups in total. The van der Waals surface area contributed by atoms with Crippen molar-refractivity contribution < 1.29 is 36.7 Å². The summed E-state index contributed by atoms with van der Waals surface area (Å²) in [5.41, 5.74) is 0.0396. The van der Waals surface area contributed by atoms with Crippen molar-refractivity contribution in [1.29, 1.82) is 0 Å². The van der Waals surface area contributed by atoms with Crippen LogP contribution < -0.4 is 20.3 Å². The van der Waals surface area contributed by atoms with Gasteiger partial charge in [0.15, 0.2) is 0 Å². The van der Waals surface area contributed by atoms with Crippen LogP contribution in [0, 0.1) is 5.95 Å². The van der Waals surface area contributed by atoms with Gasteiger partial charge in [-0.2, -0.15) is 22.7 Å². The average molecular weight is 641 g/mol. The Bertz CT molecular complexity index is 1820. The summed E-state index contributed by atoms with van der Waals surface area (Å²) >= 11 is 0. The Hall–Kier alpha value is -5.12. The van der Waals surface area contributed by atoms with Gasteiger partial charge in [0.25, 0.3) is 5.91 Å². The first-order valence-electron chi connectivity index (χ1n) is 14.4. The van der Waals surface area contributed by atoms with Crippen LogP contribution >= 0.6 is 0 Å². The predicted molar refractivity (Wildman–Crippen MR) is 157 cm³/mol. The van der Waals surface area contributed by atoms with E-state index in [4.69, 9.17) is 9.84 Å². The Labute approximate surface area is 259 Å². The van der Waals surface area contributed by atoms with E-state index in [2.05, 4.69) is 25.5 Å². The molecule has 6 rings (SSSR count). The molecule has 3 aromatic heterocycles. The topological polar surface area (TPSA) is 135 Å². The fraction of sp³-hybridized carbons (Fsp3) is 0.333. The van der Waals surface area contributed by atoms with Crippen LogP contribution in [0.2, 0.25) is 0 Å². The number of aromatic nitrogens is 4. The summed E-state index contributed by atoms with van der Waals surface area (Å²) in [4.78, 5) is 47.2. The van der Waals surface area contributed by atoms with Crippen LogP contribution in [0.4, 0.5) is 33.7 Å². The number of piperidine rings is 1. The molecule has 0 saturated carbocycles. The molecule has 4 aromatic rings. The molecule has 0 atom stereocenters. The smallest absolute Gasteiger partial charge is 0.433 e. The normalized spacial score (nSPS) is 16.5. The van der Waals surface area contributed by atoms with Gasteiger partial charge in [-0.05, 0) is 37.1 Å². The molecule has 2 fully saturated rings. The van der Waals surface area contributed by atoms with Crippen molar-refractivity contribution in [3.63, 3.8) is 0 Å². The minimum atomic E-state index is -4.69. The molecule has 0 aliphatic carbocycles. The number of alkyl halides is 3. The Morgan fingerprint density at radius 3 is 2.63 bits per heavy atom. The number of carbonyl (C=O) groups excluding carboxylic acids is 3. The lowest BCUT2D eigenvalue weighted by Crippen LogP contribution is -2.49. The van der Waals surface area contributed by atoms with E-state index in [1.807, 2.05) is 10.9 Å². The van der Waals surface area contributed by atoms with Crippen LogP contribution in [-0.2, 0) is 17.5 Å². The molecule has 4 amide bonds. The molecule has 46 heavy (non-hydrogen) atoms. The SMILES string of the molecule is COc1cc2nn(C3CCN(Cc4cc(N5CCC(=O)NC5=O)cnc4F)CC3)cc2cc1NC(=O)c1cccc(C(F)(F)F)n1. The highest BCUT2D eigenvalue weighted by Gasteiger charge is 2.33. The number of amides is 4. The van der Waals surface area contributed by atoms with Gasteiger partial charge in [0.1, 0.15) is 17.1 Å². The Morgan fingerprint density at radius 1 is 1.13 bits per heavy atom. The Morgan fingerprint density at radius 2 is 1.91 bits per heavy atom. The summed E-state index contributed by atoms with van der Waals surface area (Å²) in [6.45, 7) is 1.75. The van der Waals surface area contributed by atoms with E-state index in [1.54, 1.807) is 18.2 Å². The molecule has 12 nitrogen and oxygen atoms in total. The zero-order chi connectivity index (χ0) is 32.6. The second-order valence-corrected chi connectivity index (χ2v) is 11.0. The molecule has 2 aliphatic heterocycles. The monoisotopic (exact) mass is 640 g/mol. The van der Waals surface area contributed by atoms with Gasteiger partial charge in [-0.3, -0.25) is 29.4 Å². The zero-order valence-corrected chi connectivity index (χ0v) is 24.5. The first-order chi connectivity index (χ1) is 22.0. The fourth-order valence-electron chi connectivity index (χ4n) is 5.56. The highest BCUT2D eigenvalue weighted by molar-refractivity contribution is 6.06. The van der Waals surface area contributed by atoms with Gasteiger partial charge in [-0.15, -0.1) is 0 Å². The van der Waals surface area contributed by atoms with Crippen LogP contribution in [0.15, 0.2) is 48.8 Å². The molecule has 0 spiro atoms. The number of hydrogen-bond donors (Lipinski definition) is 2. The van der Waals surface area contributed by atoms with Crippen molar-refractivity contribution in [1.82, 2.24) is 30.0 Å². The fourth-order valence-corrected chi connectivity index (χ4v) is 5.56. The number of methoxy groups -OCH3 is 1. The van der Waals surface area contributed by atoms with Crippen LogP contribution in [0.5, 0.6) is 5.75 Å². The van der Waals surface area contributed by atoms with Gasteiger partial charge in [0.05, 0.1) is 36.2 Å². The minimum Gasteiger partial charge on any atom is -0.494 e. The van der Waals surface area contributed by atoms with Crippen molar-refractivity contribution in [2.75, 3.05) is 37.0 Å². The van der Waals surface area contributed by atoms with Crippen molar-refractivity contribution in [3.8, 4) is 5.75 Å². The third-order valence-electron chi connectivity index (χ3n) is 7.95. The van der Waals surface area contributed by atoms with Crippen LogP contribution in [0.25, 0.3) is 10.9 Å². The first kappa shape index (κ1) is 30.9. The van der Waals surface area contributed by atoms with Gasteiger partial charge in [0, 0.05) is 55.8 Å². The van der Waals surface area contributed by atoms with E-state index in [0.717, 1.165) is 12.1 Å². The molecule has 0 bridgehead atoms. The molecular weight excluding hydrogens is 612 g/mol. The predicted octanol–water partition coefficient (Wildman–Crippen LogP) is 4.53. The van der Waals surface area contributed by atoms with Crippen LogP contribution in [0.1, 0.15) is 47.1 Å². The Balaban J connectivity index is 1.12. The summed E-state index contributed by atoms with van der Waals surface area (Å²) in [5, 5.41) is 10.2. The molecule has 2 aliphatic rings. The number of benzene rings is 1. The number of imide groups is 1. The van der Waals surface area contributed by atoms with Crippen molar-refractivity contribution in [2.45, 2.75) is 38.0 Å². The lowest BCUT2D eigenvalue weighted by atomic mass is 10.0. The summed E-state index contributed by atoms with van der Waals surface area (Å²) in [7, 11) is 1.41. The van der Waals surface area contributed by atoms with E-state index < -0.39 is 35.5 Å². The first-order valence-corrected chi connectivity index (χ1v) is 14.4. The third-order valence-corrected chi connectivity index (χ3v) is 7.95. The van der Waals surface area contributed by atoms with E-state index >= 15 is 0 Å². The summed E-state index contributed by atoms with van der Waals surface area (Å²) in [5.74, 6) is -1.53. The number of nitrogens with one attached hydrogen (secondary N) is 2. The number of fused-ring (bicyclic) bond motifs is 1. The van der Waals surface area contributed by atoms with Gasteiger partial charge >= 0.3 is 12.2 Å². The molecule has 16 heteroatoms. The molecule has 0 unspecified atom stereocenters. The number of pyridine rings is 2. The second-order valence-electron chi connectivity index (χ2n) is 11.0. The number of urea groups is 1. The average Bonchev–Trinajstić information content (AvgIpc) is 3.45. The number of nitrogens with zero attached hydrogens (tertiary/aromatic N) is 6. The molecule has 5 heterocycles. The Kier molecular flexibility index (Phi) is 8.29. The van der Waals surface area contributed by atoms with Crippen molar-refractivity contribution >= 4 is 40.1 Å². The van der Waals surface area contributed by atoms with E-state index in [1.165, 1.54) is 24.3 Å². The number of carbonyl (C=O) groups is 3. The number of anilines is 2. The highest BCUT2D eigenvalue weighted by Crippen LogP contribution is 2.33. The van der Waals surface area contributed by atoms with Crippen LogP contribution in [-0.4, -0.2) is 69.2 Å². The van der Waals surface area contributed by atoms with Gasteiger partial charge in [-0.25, -0.2) is 14.8 Å². The second kappa shape index (κ2) is 12.3. The van der Waals surface area contributed by atoms with Crippen molar-refractivity contribution in [2.24, 2.45) is 0 Å². The lowest BCUT2D eigenvalue weighted by Gasteiger charge is -2.32. The summed E-state index contributed by atoms with van der Waals surface area (Å²) in [6, 6.07) is 7.42. The number of ether oxygens (including phenoxy) is 1. The minimum absolute atomic E-state index is 0.0332. The molecule has 0 radical (unpaired) electrons. The maximum absolute atomic E-state index is 14.6. The van der Waals surface area contributed by atoms with Crippen molar-refractivity contribution in [3.05, 3.63) is 71.7 Å². The maximum atomic E-state index is 14.6.